The van der Waals surface area contributed by atoms with Crippen molar-refractivity contribution < 1.29 is 22.8 Å². The zero-order valence-electron chi connectivity index (χ0n) is 16.3. The van der Waals surface area contributed by atoms with E-state index in [0.29, 0.717) is 37.0 Å². The number of ketones is 1. The molecule has 2 aromatic carbocycles. The maximum absolute atomic E-state index is 12.6. The number of anilines is 1. The number of rotatable bonds is 5. The molecule has 6 nitrogen and oxygen atoms in total. The summed E-state index contributed by atoms with van der Waals surface area (Å²) in [4.78, 5) is 32.9. The van der Waals surface area contributed by atoms with Crippen LogP contribution in [-0.2, 0) is 9.59 Å². The minimum absolute atomic E-state index is 0.335. The van der Waals surface area contributed by atoms with Gasteiger partial charge in [-0.3, -0.25) is 9.59 Å². The molecule has 0 aliphatic carbocycles. The molecule has 1 atom stereocenters. The highest BCUT2D eigenvalue weighted by molar-refractivity contribution is 5.96. The van der Waals surface area contributed by atoms with Crippen molar-refractivity contribution in [3.8, 4) is 11.4 Å². The minimum Gasteiger partial charge on any atom is -0.365 e. The van der Waals surface area contributed by atoms with Crippen molar-refractivity contribution in [2.45, 2.75) is 25.1 Å². The number of amides is 1. The quantitative estimate of drug-likeness (QED) is 0.595. The Morgan fingerprint density at radius 1 is 1.13 bits per heavy atom. The van der Waals surface area contributed by atoms with Crippen LogP contribution < -0.4 is 5.32 Å². The summed E-state index contributed by atoms with van der Waals surface area (Å²) < 4.78 is 37.1. The molecule has 9 heteroatoms. The molecule has 0 radical (unpaired) electrons. The van der Waals surface area contributed by atoms with E-state index in [1.807, 2.05) is 36.4 Å². The van der Waals surface area contributed by atoms with Gasteiger partial charge in [-0.25, -0.2) is 4.98 Å². The van der Waals surface area contributed by atoms with Gasteiger partial charge in [0.2, 0.25) is 5.91 Å². The lowest BCUT2D eigenvalue weighted by atomic mass is 10.1. The van der Waals surface area contributed by atoms with Crippen molar-refractivity contribution in [3.05, 3.63) is 60.8 Å². The van der Waals surface area contributed by atoms with Crippen LogP contribution in [-0.4, -0.2) is 45.3 Å². The molecule has 2 heterocycles. The van der Waals surface area contributed by atoms with Crippen LogP contribution in [0.15, 0.2) is 60.8 Å². The number of hydrogen-bond donors (Lipinski definition) is 2. The van der Waals surface area contributed by atoms with Gasteiger partial charge in [0.15, 0.2) is 0 Å². The van der Waals surface area contributed by atoms with Gasteiger partial charge in [-0.15, -0.1) is 0 Å². The molecule has 0 spiro atoms. The van der Waals surface area contributed by atoms with Crippen LogP contribution in [0.2, 0.25) is 0 Å². The van der Waals surface area contributed by atoms with Crippen LogP contribution in [0.5, 0.6) is 0 Å². The molecular formula is C22H19F3N4O2. The summed E-state index contributed by atoms with van der Waals surface area (Å²) in [6, 6.07) is 14.2. The number of nitrogens with zero attached hydrogens (tertiary/aromatic N) is 2. The Labute approximate surface area is 175 Å². The predicted molar refractivity (Wildman–Crippen MR) is 110 cm³/mol. The third kappa shape index (κ3) is 4.60. The monoisotopic (exact) mass is 428 g/mol. The first-order chi connectivity index (χ1) is 14.8. The average molecular weight is 428 g/mol. The van der Waals surface area contributed by atoms with Crippen LogP contribution in [0.3, 0.4) is 0 Å². The molecule has 1 unspecified atom stereocenters. The molecule has 1 saturated heterocycles. The zero-order valence-corrected chi connectivity index (χ0v) is 16.3. The summed E-state index contributed by atoms with van der Waals surface area (Å²) in [5.74, 6) is -1.57. The Balaban J connectivity index is 1.42. The summed E-state index contributed by atoms with van der Waals surface area (Å²) >= 11 is 0. The van der Waals surface area contributed by atoms with Crippen molar-refractivity contribution in [3.63, 3.8) is 0 Å². The van der Waals surface area contributed by atoms with E-state index >= 15 is 0 Å². The number of carbonyl (C=O) groups excluding carboxylic acids is 2. The summed E-state index contributed by atoms with van der Waals surface area (Å²) in [7, 11) is 0. The fourth-order valence-electron chi connectivity index (χ4n) is 3.53. The van der Waals surface area contributed by atoms with Crippen LogP contribution in [0, 0.1) is 0 Å². The molecule has 2 N–H and O–H groups in total. The average Bonchev–Trinajstić information content (AvgIpc) is 3.38. The van der Waals surface area contributed by atoms with Crippen molar-refractivity contribution in [1.82, 2.24) is 14.9 Å². The van der Waals surface area contributed by atoms with Crippen LogP contribution >= 0.6 is 0 Å². The molecule has 4 rings (SSSR count). The van der Waals surface area contributed by atoms with Crippen LogP contribution in [0.1, 0.15) is 12.8 Å². The fraction of sp³-hybridized carbons (Fsp3) is 0.227. The van der Waals surface area contributed by atoms with Gasteiger partial charge in [-0.2, -0.15) is 13.2 Å². The molecule has 3 aromatic rings. The number of likely N-dealkylation sites (tertiary alicyclic amines) is 1. The second-order valence-corrected chi connectivity index (χ2v) is 7.24. The van der Waals surface area contributed by atoms with Gasteiger partial charge < -0.3 is 15.2 Å². The Morgan fingerprint density at radius 3 is 2.58 bits per heavy atom. The van der Waals surface area contributed by atoms with E-state index in [2.05, 4.69) is 15.3 Å². The van der Waals surface area contributed by atoms with Gasteiger partial charge in [-0.05, 0) is 49.2 Å². The predicted octanol–water partition coefficient (Wildman–Crippen LogP) is 4.28. The molecule has 31 heavy (non-hydrogen) atoms. The largest absolute Gasteiger partial charge is 0.454 e. The van der Waals surface area contributed by atoms with Gasteiger partial charge in [0.1, 0.15) is 11.9 Å². The zero-order chi connectivity index (χ0) is 22.0. The van der Waals surface area contributed by atoms with Crippen molar-refractivity contribution in [2.75, 3.05) is 11.9 Å². The summed E-state index contributed by atoms with van der Waals surface area (Å²) in [6.07, 6.45) is -2.26. The second kappa shape index (κ2) is 8.25. The Kier molecular flexibility index (Phi) is 5.50. The van der Waals surface area contributed by atoms with Gasteiger partial charge in [0, 0.05) is 30.1 Å². The SMILES string of the molecule is O=C(Nc1ccc(-c2nc3ccccc3[nH]2)cc1)C1CCCN1/C=C/C(=O)C(F)(F)F. The summed E-state index contributed by atoms with van der Waals surface area (Å²) in [5.41, 5.74) is 3.19. The van der Waals surface area contributed by atoms with Crippen molar-refractivity contribution in [1.29, 1.82) is 0 Å². The number of para-hydroxylation sites is 2. The topological polar surface area (TPSA) is 78.1 Å². The first-order valence-electron chi connectivity index (χ1n) is 9.72. The third-order valence-electron chi connectivity index (χ3n) is 5.11. The maximum Gasteiger partial charge on any atom is 0.454 e. The number of H-pyrrole nitrogens is 1. The molecule has 1 aromatic heterocycles. The van der Waals surface area contributed by atoms with E-state index in [1.165, 1.54) is 4.90 Å². The van der Waals surface area contributed by atoms with Gasteiger partial charge in [-0.1, -0.05) is 12.1 Å². The minimum atomic E-state index is -4.92. The highest BCUT2D eigenvalue weighted by Gasteiger charge is 2.37. The normalized spacial score (nSPS) is 16.9. The lowest BCUT2D eigenvalue weighted by Crippen LogP contribution is -2.36. The number of halogens is 3. The summed E-state index contributed by atoms with van der Waals surface area (Å²) in [6.45, 7) is 0.407. The van der Waals surface area contributed by atoms with Crippen molar-refractivity contribution in [2.24, 2.45) is 0 Å². The number of alkyl halides is 3. The number of nitrogens with one attached hydrogen (secondary N) is 2. The molecule has 0 bridgehead atoms. The van der Waals surface area contributed by atoms with Crippen LogP contribution in [0.4, 0.5) is 18.9 Å². The highest BCUT2D eigenvalue weighted by Crippen LogP contribution is 2.24. The van der Waals surface area contributed by atoms with E-state index in [-0.39, 0.29) is 5.91 Å². The van der Waals surface area contributed by atoms with E-state index in [9.17, 15) is 22.8 Å². The lowest BCUT2D eigenvalue weighted by molar-refractivity contribution is -0.165. The highest BCUT2D eigenvalue weighted by atomic mass is 19.4. The number of hydrogen-bond acceptors (Lipinski definition) is 4. The maximum atomic E-state index is 12.6. The summed E-state index contributed by atoms with van der Waals surface area (Å²) in [5, 5.41) is 2.78. The Hall–Kier alpha value is -3.62. The van der Waals surface area contributed by atoms with Gasteiger partial charge in [0.25, 0.3) is 5.78 Å². The third-order valence-corrected chi connectivity index (χ3v) is 5.11. The van der Waals surface area contributed by atoms with E-state index in [1.54, 1.807) is 12.1 Å². The van der Waals surface area contributed by atoms with Gasteiger partial charge in [0.05, 0.1) is 11.0 Å². The Bertz CT molecular complexity index is 1100. The molecule has 1 aliphatic rings. The molecule has 1 amide bonds. The molecular weight excluding hydrogens is 409 g/mol. The van der Waals surface area contributed by atoms with Crippen LogP contribution in [0.25, 0.3) is 22.4 Å². The number of imidazole rings is 1. The van der Waals surface area contributed by atoms with E-state index in [0.717, 1.165) is 22.8 Å². The molecule has 160 valence electrons. The number of aromatic nitrogens is 2. The fourth-order valence-corrected chi connectivity index (χ4v) is 3.53. The number of carbonyl (C=O) groups is 2. The second-order valence-electron chi connectivity index (χ2n) is 7.24. The van der Waals surface area contributed by atoms with E-state index < -0.39 is 18.0 Å². The first-order valence-corrected chi connectivity index (χ1v) is 9.72. The Morgan fingerprint density at radius 2 is 1.87 bits per heavy atom. The molecule has 1 fully saturated rings. The standard InChI is InChI=1S/C22H19F3N4O2/c23-22(24,25)19(30)11-13-29-12-3-6-18(29)21(31)26-15-9-7-14(8-10-15)20-27-16-4-1-2-5-17(16)28-20/h1-2,4-5,7-11,13,18H,3,6,12H2,(H,26,31)(H,27,28)/b13-11+. The molecule has 0 saturated carbocycles. The van der Waals surface area contributed by atoms with Crippen molar-refractivity contribution >= 4 is 28.4 Å². The van der Waals surface area contributed by atoms with Gasteiger partial charge >= 0.3 is 6.18 Å². The first kappa shape index (κ1) is 20.6. The number of aromatic amines is 1. The van der Waals surface area contributed by atoms with E-state index in [4.69, 9.17) is 0 Å². The lowest BCUT2D eigenvalue weighted by Gasteiger charge is -2.22. The number of benzene rings is 2. The number of fused-ring (bicyclic) bond motifs is 1. The molecule has 1 aliphatic heterocycles. The smallest absolute Gasteiger partial charge is 0.365 e. The number of allylic oxidation sites excluding steroid dienone is 1.